The molecule has 0 heterocycles. The molecule has 1 aromatic rings. The van der Waals surface area contributed by atoms with Gasteiger partial charge in [0.05, 0.1) is 24.6 Å². The molecule has 0 saturated carbocycles. The third kappa shape index (κ3) is 2.26. The van der Waals surface area contributed by atoms with Crippen molar-refractivity contribution < 1.29 is 24.6 Å². The highest BCUT2D eigenvalue weighted by Gasteiger charge is 2.53. The molecule has 0 radical (unpaired) electrons. The molecule has 22 heavy (non-hydrogen) atoms. The number of hydrogen-bond acceptors (Lipinski definition) is 11. The number of nitrogens with two attached hydrogens (primary N) is 1. The van der Waals surface area contributed by atoms with E-state index in [0.717, 1.165) is 0 Å². The first-order chi connectivity index (χ1) is 10.0. The summed E-state index contributed by atoms with van der Waals surface area (Å²) in [4.78, 5) is 45.9. The lowest BCUT2D eigenvalue weighted by Gasteiger charge is -2.02. The average Bonchev–Trinajstić information content (AvgIpc) is 2.34. The van der Waals surface area contributed by atoms with E-state index in [4.69, 9.17) is 5.73 Å². The van der Waals surface area contributed by atoms with Gasteiger partial charge in [-0.15, -0.1) is 0 Å². The van der Waals surface area contributed by atoms with Gasteiger partial charge in [0.1, 0.15) is 0 Å². The first kappa shape index (κ1) is 16.1. The minimum atomic E-state index is -2.00. The van der Waals surface area contributed by atoms with E-state index in [-0.39, 0.29) is 0 Å². The number of nitrogens with zero attached hydrogens (tertiary/aromatic N) is 5. The van der Waals surface area contributed by atoms with Crippen molar-refractivity contribution in [2.24, 2.45) is 0 Å². The SMILES string of the molecule is Nc1c([N+](=O)[O-])c([N+](=O)[O-])c([N+](=O)[O-])c([N+](=O)[O-])c1[N+](=O)[O-]. The molecule has 0 aromatic heterocycles. The first-order valence-electron chi connectivity index (χ1n) is 4.73. The maximum absolute atomic E-state index is 10.8. The average molecular weight is 318 g/mol. The van der Waals surface area contributed by atoms with E-state index >= 15 is 0 Å². The fourth-order valence-corrected chi connectivity index (χ4v) is 1.59. The van der Waals surface area contributed by atoms with Crippen molar-refractivity contribution >= 4 is 34.1 Å². The molecule has 0 aliphatic carbocycles. The molecule has 0 bridgehead atoms. The lowest BCUT2D eigenvalue weighted by atomic mass is 10.1. The van der Waals surface area contributed by atoms with Crippen LogP contribution in [0.25, 0.3) is 0 Å². The summed E-state index contributed by atoms with van der Waals surface area (Å²) in [5.41, 5.74) is -5.87. The second-order valence-electron chi connectivity index (χ2n) is 3.44. The summed E-state index contributed by atoms with van der Waals surface area (Å²) in [5, 5.41) is 54.0. The van der Waals surface area contributed by atoms with Crippen LogP contribution in [0.4, 0.5) is 34.1 Å². The smallest absolute Gasteiger partial charge is 0.387 e. The zero-order chi connectivity index (χ0) is 17.4. The molecular formula is C6H2N6O10. The number of hydrogen-bond donors (Lipinski definition) is 1. The molecule has 0 amide bonds. The normalized spacial score (nSPS) is 10.0. The summed E-state index contributed by atoms with van der Waals surface area (Å²) in [6, 6.07) is 0. The van der Waals surface area contributed by atoms with E-state index in [1.807, 2.05) is 0 Å². The van der Waals surface area contributed by atoms with E-state index in [1.165, 1.54) is 0 Å². The summed E-state index contributed by atoms with van der Waals surface area (Å²) >= 11 is 0. The summed E-state index contributed by atoms with van der Waals surface area (Å²) in [6.45, 7) is 0. The number of nitro benzene ring substituents is 5. The van der Waals surface area contributed by atoms with Gasteiger partial charge in [0.25, 0.3) is 0 Å². The van der Waals surface area contributed by atoms with Crippen LogP contribution in [0, 0.1) is 50.6 Å². The van der Waals surface area contributed by atoms with E-state index in [0.29, 0.717) is 0 Å². The van der Waals surface area contributed by atoms with Crippen molar-refractivity contribution in [1.82, 2.24) is 0 Å². The van der Waals surface area contributed by atoms with Gasteiger partial charge in [0, 0.05) is 0 Å². The summed E-state index contributed by atoms with van der Waals surface area (Å²) < 4.78 is 0. The van der Waals surface area contributed by atoms with E-state index in [9.17, 15) is 50.6 Å². The summed E-state index contributed by atoms with van der Waals surface area (Å²) in [7, 11) is 0. The Morgan fingerprint density at radius 1 is 0.500 bits per heavy atom. The number of nitro groups is 5. The largest absolute Gasteiger partial charge is 0.437 e. The molecule has 0 aliphatic rings. The van der Waals surface area contributed by atoms with Gasteiger partial charge in [-0.25, -0.2) is 0 Å². The Morgan fingerprint density at radius 3 is 0.864 bits per heavy atom. The highest BCUT2D eigenvalue weighted by atomic mass is 16.7. The van der Waals surface area contributed by atoms with Crippen molar-refractivity contribution in [3.8, 4) is 0 Å². The van der Waals surface area contributed by atoms with Crippen LogP contribution in [-0.4, -0.2) is 24.6 Å². The maximum Gasteiger partial charge on any atom is 0.437 e. The van der Waals surface area contributed by atoms with Crippen molar-refractivity contribution in [2.75, 3.05) is 5.73 Å². The molecule has 0 atom stereocenters. The maximum atomic E-state index is 10.8. The third-order valence-electron chi connectivity index (χ3n) is 2.32. The summed E-state index contributed by atoms with van der Waals surface area (Å²) in [5.74, 6) is 0. The fourth-order valence-electron chi connectivity index (χ4n) is 1.59. The number of rotatable bonds is 5. The van der Waals surface area contributed by atoms with Gasteiger partial charge in [-0.2, -0.15) is 0 Å². The molecule has 116 valence electrons. The van der Waals surface area contributed by atoms with Gasteiger partial charge < -0.3 is 5.73 Å². The van der Waals surface area contributed by atoms with Crippen LogP contribution >= 0.6 is 0 Å². The van der Waals surface area contributed by atoms with Crippen LogP contribution in [-0.2, 0) is 0 Å². The third-order valence-corrected chi connectivity index (χ3v) is 2.32. The molecule has 0 aliphatic heterocycles. The second-order valence-corrected chi connectivity index (χ2v) is 3.44. The number of benzene rings is 1. The van der Waals surface area contributed by atoms with Crippen LogP contribution in [0.1, 0.15) is 0 Å². The minimum absolute atomic E-state index is 1.53. The van der Waals surface area contributed by atoms with Gasteiger partial charge >= 0.3 is 28.4 Å². The van der Waals surface area contributed by atoms with Gasteiger partial charge in [0.15, 0.2) is 0 Å². The molecule has 16 nitrogen and oxygen atoms in total. The van der Waals surface area contributed by atoms with Gasteiger partial charge in [-0.3, -0.25) is 50.6 Å². The van der Waals surface area contributed by atoms with Crippen molar-refractivity contribution in [2.45, 2.75) is 0 Å². The Morgan fingerprint density at radius 2 is 0.682 bits per heavy atom. The monoisotopic (exact) mass is 318 g/mol. The Bertz CT molecular complexity index is 702. The lowest BCUT2D eigenvalue weighted by Crippen LogP contribution is -2.11. The zero-order valence-electron chi connectivity index (χ0n) is 9.90. The van der Waals surface area contributed by atoms with Crippen LogP contribution in [0.3, 0.4) is 0 Å². The number of nitrogen functional groups attached to an aromatic ring is 1. The molecule has 16 heteroatoms. The van der Waals surface area contributed by atoms with Gasteiger partial charge in [-0.1, -0.05) is 0 Å². The highest BCUT2D eigenvalue weighted by Crippen LogP contribution is 2.53. The summed E-state index contributed by atoms with van der Waals surface area (Å²) in [6.07, 6.45) is 0. The quantitative estimate of drug-likeness (QED) is 0.451. The van der Waals surface area contributed by atoms with E-state index in [1.54, 1.807) is 0 Å². The standard InChI is InChI=1S/C6H2N6O10/c7-1-2(8(13)14)4(10(17)18)6(12(21)22)5(11(19)20)3(1)9(15)16/h7H2. The van der Waals surface area contributed by atoms with Crippen LogP contribution in [0.5, 0.6) is 0 Å². The highest BCUT2D eigenvalue weighted by molar-refractivity contribution is 5.93. The Kier molecular flexibility index (Phi) is 3.79. The van der Waals surface area contributed by atoms with Crippen LogP contribution in [0.15, 0.2) is 0 Å². The predicted octanol–water partition coefficient (Wildman–Crippen LogP) is 0.810. The Balaban J connectivity index is 4.31. The topological polar surface area (TPSA) is 242 Å². The molecule has 0 spiro atoms. The van der Waals surface area contributed by atoms with Crippen molar-refractivity contribution in [1.29, 1.82) is 0 Å². The molecule has 0 fully saturated rings. The van der Waals surface area contributed by atoms with Crippen LogP contribution < -0.4 is 5.73 Å². The zero-order valence-corrected chi connectivity index (χ0v) is 9.90. The minimum Gasteiger partial charge on any atom is -0.387 e. The van der Waals surface area contributed by atoms with Gasteiger partial charge in [0.2, 0.25) is 5.69 Å². The second kappa shape index (κ2) is 5.19. The van der Waals surface area contributed by atoms with Gasteiger partial charge in [-0.05, 0) is 0 Å². The first-order valence-corrected chi connectivity index (χ1v) is 4.73. The molecule has 1 rings (SSSR count). The molecule has 1 aromatic carbocycles. The lowest BCUT2D eigenvalue weighted by molar-refractivity contribution is -0.459. The fraction of sp³-hybridized carbons (Fsp3) is 0. The molecule has 0 unspecified atom stereocenters. The van der Waals surface area contributed by atoms with Crippen molar-refractivity contribution in [3.63, 3.8) is 0 Å². The van der Waals surface area contributed by atoms with E-state index in [2.05, 4.69) is 0 Å². The number of anilines is 1. The van der Waals surface area contributed by atoms with Crippen molar-refractivity contribution in [3.05, 3.63) is 50.6 Å². The predicted molar refractivity (Wildman–Crippen MR) is 64.1 cm³/mol. The Hall–Kier alpha value is -3.98. The molecule has 2 N–H and O–H groups in total. The van der Waals surface area contributed by atoms with E-state index < -0.39 is 58.7 Å². The van der Waals surface area contributed by atoms with Crippen LogP contribution in [0.2, 0.25) is 0 Å². The molecular weight excluding hydrogens is 316 g/mol. The molecule has 0 saturated heterocycles. The Labute approximate surface area is 116 Å².